The van der Waals surface area contributed by atoms with Gasteiger partial charge in [-0.2, -0.15) is 0 Å². The van der Waals surface area contributed by atoms with E-state index in [4.69, 9.17) is 0 Å². The summed E-state index contributed by atoms with van der Waals surface area (Å²) in [4.78, 5) is 24.5. The molecule has 0 heterocycles. The lowest BCUT2D eigenvalue weighted by molar-refractivity contribution is -0.127. The van der Waals surface area contributed by atoms with E-state index in [-0.39, 0.29) is 29.1 Å². The van der Waals surface area contributed by atoms with E-state index in [1.807, 2.05) is 27.7 Å². The van der Waals surface area contributed by atoms with Crippen molar-refractivity contribution >= 4 is 11.6 Å². The first-order valence-corrected chi connectivity index (χ1v) is 7.71. The van der Waals surface area contributed by atoms with Crippen LogP contribution in [-0.4, -0.2) is 11.6 Å². The van der Waals surface area contributed by atoms with Gasteiger partial charge in [0.1, 0.15) is 11.6 Å². The molecule has 1 aliphatic rings. The molecule has 1 saturated carbocycles. The fourth-order valence-corrected chi connectivity index (χ4v) is 3.45. The predicted octanol–water partition coefficient (Wildman–Crippen LogP) is 4.27. The molecule has 0 spiro atoms. The maximum Gasteiger partial charge on any atom is 0.138 e. The molecule has 0 radical (unpaired) electrons. The lowest BCUT2D eigenvalue weighted by Crippen LogP contribution is -2.26. The summed E-state index contributed by atoms with van der Waals surface area (Å²) in [7, 11) is 0. The number of carbonyl (C=O) groups is 2. The zero-order valence-electron chi connectivity index (χ0n) is 13.5. The van der Waals surface area contributed by atoms with Crippen LogP contribution in [0.5, 0.6) is 0 Å². The van der Waals surface area contributed by atoms with Crippen LogP contribution in [0.15, 0.2) is 0 Å². The van der Waals surface area contributed by atoms with Gasteiger partial charge >= 0.3 is 0 Å². The lowest BCUT2D eigenvalue weighted by Gasteiger charge is -2.28. The molecule has 110 valence electrons. The van der Waals surface area contributed by atoms with Crippen LogP contribution in [0.2, 0.25) is 0 Å². The Labute approximate surface area is 118 Å². The van der Waals surface area contributed by atoms with Gasteiger partial charge in [0, 0.05) is 23.7 Å². The first kappa shape index (κ1) is 16.4. The number of Topliss-reactive ketones (excluding diaryl/α,β-unsaturated/α-hetero) is 2. The molecule has 2 heteroatoms. The van der Waals surface area contributed by atoms with Gasteiger partial charge in [-0.1, -0.05) is 41.5 Å². The van der Waals surface area contributed by atoms with Crippen molar-refractivity contribution in [1.82, 2.24) is 0 Å². The molecule has 1 fully saturated rings. The monoisotopic (exact) mass is 266 g/mol. The van der Waals surface area contributed by atoms with Crippen LogP contribution >= 0.6 is 0 Å². The van der Waals surface area contributed by atoms with E-state index in [1.165, 1.54) is 0 Å². The normalized spacial score (nSPS) is 27.4. The Morgan fingerprint density at radius 3 is 1.42 bits per heavy atom. The summed E-state index contributed by atoms with van der Waals surface area (Å²) in [5.41, 5.74) is 0.0981. The second kappa shape index (κ2) is 6.19. The van der Waals surface area contributed by atoms with Gasteiger partial charge < -0.3 is 0 Å². The molecular formula is C17H30O2. The molecule has 0 aliphatic heterocycles. The highest BCUT2D eigenvalue weighted by atomic mass is 16.1. The Morgan fingerprint density at radius 1 is 0.842 bits per heavy atom. The van der Waals surface area contributed by atoms with Crippen molar-refractivity contribution in [3.05, 3.63) is 0 Å². The predicted molar refractivity (Wildman–Crippen MR) is 78.9 cm³/mol. The molecule has 0 aromatic carbocycles. The highest BCUT2D eigenvalue weighted by Crippen LogP contribution is 2.41. The quantitative estimate of drug-likeness (QED) is 0.712. The standard InChI is InChI=1S/C17H30O2/c1-11(2)15(18)13-7-8-14(16(19)12(3)4)10-17(5,6)9-13/h11-14H,7-10H2,1-6H3. The minimum atomic E-state index is 0.0981. The maximum absolute atomic E-state index is 12.3. The zero-order chi connectivity index (χ0) is 14.8. The molecule has 2 atom stereocenters. The molecule has 0 aromatic heterocycles. The van der Waals surface area contributed by atoms with Crippen molar-refractivity contribution in [2.24, 2.45) is 29.1 Å². The summed E-state index contributed by atoms with van der Waals surface area (Å²) in [6.45, 7) is 12.3. The van der Waals surface area contributed by atoms with Gasteiger partial charge in [0.05, 0.1) is 0 Å². The minimum Gasteiger partial charge on any atom is -0.299 e. The van der Waals surface area contributed by atoms with Gasteiger partial charge in [-0.15, -0.1) is 0 Å². The first-order valence-electron chi connectivity index (χ1n) is 7.71. The SMILES string of the molecule is CC(C)C(=O)C1CCC(C(=O)C(C)C)CC(C)(C)C1. The van der Waals surface area contributed by atoms with Gasteiger partial charge in [-0.3, -0.25) is 9.59 Å². The van der Waals surface area contributed by atoms with Crippen LogP contribution in [0.4, 0.5) is 0 Å². The third-order valence-corrected chi connectivity index (χ3v) is 4.40. The average molecular weight is 266 g/mol. The van der Waals surface area contributed by atoms with Gasteiger partial charge in [-0.05, 0) is 31.1 Å². The van der Waals surface area contributed by atoms with Gasteiger partial charge in [0.2, 0.25) is 0 Å². The molecule has 0 amide bonds. The number of ketones is 2. The number of carbonyl (C=O) groups excluding carboxylic acids is 2. The Balaban J connectivity index is 2.83. The van der Waals surface area contributed by atoms with Crippen LogP contribution < -0.4 is 0 Å². The number of hydrogen-bond acceptors (Lipinski definition) is 2. The Kier molecular flexibility index (Phi) is 5.34. The minimum absolute atomic E-state index is 0.0981. The van der Waals surface area contributed by atoms with Crippen molar-refractivity contribution in [3.8, 4) is 0 Å². The summed E-state index contributed by atoms with van der Waals surface area (Å²) in [6, 6.07) is 0. The third kappa shape index (κ3) is 4.43. The van der Waals surface area contributed by atoms with Crippen molar-refractivity contribution < 1.29 is 9.59 Å². The van der Waals surface area contributed by atoms with Crippen LogP contribution in [0.25, 0.3) is 0 Å². The highest BCUT2D eigenvalue weighted by Gasteiger charge is 2.37. The molecular weight excluding hydrogens is 236 g/mol. The van der Waals surface area contributed by atoms with E-state index in [1.54, 1.807) is 0 Å². The lowest BCUT2D eigenvalue weighted by atomic mass is 9.76. The molecule has 0 bridgehead atoms. The number of hydrogen-bond donors (Lipinski definition) is 0. The topological polar surface area (TPSA) is 34.1 Å². The maximum atomic E-state index is 12.3. The first-order chi connectivity index (χ1) is 8.64. The molecule has 1 rings (SSSR count). The Morgan fingerprint density at radius 2 is 1.16 bits per heavy atom. The molecule has 2 unspecified atom stereocenters. The third-order valence-electron chi connectivity index (χ3n) is 4.40. The zero-order valence-corrected chi connectivity index (χ0v) is 13.5. The van der Waals surface area contributed by atoms with Crippen molar-refractivity contribution in [3.63, 3.8) is 0 Å². The van der Waals surface area contributed by atoms with Gasteiger partial charge in [0.15, 0.2) is 0 Å². The van der Waals surface area contributed by atoms with E-state index >= 15 is 0 Å². The van der Waals surface area contributed by atoms with Crippen molar-refractivity contribution in [2.75, 3.05) is 0 Å². The van der Waals surface area contributed by atoms with E-state index < -0.39 is 0 Å². The van der Waals surface area contributed by atoms with Crippen LogP contribution in [-0.2, 0) is 9.59 Å². The Bertz CT molecular complexity index is 307. The van der Waals surface area contributed by atoms with Crippen LogP contribution in [0, 0.1) is 29.1 Å². The summed E-state index contributed by atoms with van der Waals surface area (Å²) in [6.07, 6.45) is 3.66. The Hall–Kier alpha value is -0.660. The van der Waals surface area contributed by atoms with Gasteiger partial charge in [-0.25, -0.2) is 0 Å². The van der Waals surface area contributed by atoms with Crippen molar-refractivity contribution in [1.29, 1.82) is 0 Å². The molecule has 0 saturated heterocycles. The number of rotatable bonds is 4. The van der Waals surface area contributed by atoms with Crippen molar-refractivity contribution in [2.45, 2.75) is 67.2 Å². The highest BCUT2D eigenvalue weighted by molar-refractivity contribution is 5.84. The fraction of sp³-hybridized carbons (Fsp3) is 0.882. The molecule has 2 nitrogen and oxygen atoms in total. The largest absolute Gasteiger partial charge is 0.299 e. The molecule has 0 aromatic rings. The van der Waals surface area contributed by atoms with E-state index in [2.05, 4.69) is 13.8 Å². The van der Waals surface area contributed by atoms with Crippen LogP contribution in [0.3, 0.4) is 0 Å². The summed E-state index contributed by atoms with van der Waals surface area (Å²) < 4.78 is 0. The van der Waals surface area contributed by atoms with E-state index in [9.17, 15) is 9.59 Å². The van der Waals surface area contributed by atoms with E-state index in [0.717, 1.165) is 25.7 Å². The smallest absolute Gasteiger partial charge is 0.138 e. The summed E-state index contributed by atoms with van der Waals surface area (Å²) >= 11 is 0. The summed E-state index contributed by atoms with van der Waals surface area (Å²) in [5, 5.41) is 0. The molecule has 1 aliphatic carbocycles. The van der Waals surface area contributed by atoms with E-state index in [0.29, 0.717) is 11.6 Å². The second-order valence-corrected chi connectivity index (χ2v) is 7.66. The average Bonchev–Trinajstić information content (AvgIpc) is 2.45. The summed E-state index contributed by atoms with van der Waals surface area (Å²) in [5.74, 6) is 1.28. The fourth-order valence-electron chi connectivity index (χ4n) is 3.45. The van der Waals surface area contributed by atoms with Gasteiger partial charge in [0.25, 0.3) is 0 Å². The van der Waals surface area contributed by atoms with Crippen LogP contribution in [0.1, 0.15) is 67.2 Å². The molecule has 0 N–H and O–H groups in total. The molecule has 19 heavy (non-hydrogen) atoms. The second-order valence-electron chi connectivity index (χ2n) is 7.66.